The summed E-state index contributed by atoms with van der Waals surface area (Å²) in [5, 5.41) is 5.08. The van der Waals surface area contributed by atoms with Crippen LogP contribution in [0.25, 0.3) is 10.9 Å². The molecule has 0 bridgehead atoms. The van der Waals surface area contributed by atoms with E-state index in [0.29, 0.717) is 26.1 Å². The first-order valence-corrected chi connectivity index (χ1v) is 16.4. The van der Waals surface area contributed by atoms with Crippen LogP contribution in [0.15, 0.2) is 48.9 Å². The van der Waals surface area contributed by atoms with Crippen LogP contribution in [0.3, 0.4) is 0 Å². The number of fused-ring (bicyclic) bond motifs is 1. The monoisotopic (exact) mass is 608 g/mol. The third kappa shape index (κ3) is 8.32. The summed E-state index contributed by atoms with van der Waals surface area (Å²) < 4.78 is 1.75. The van der Waals surface area contributed by atoms with Crippen LogP contribution in [0.1, 0.15) is 107 Å². The van der Waals surface area contributed by atoms with Gasteiger partial charge in [0, 0.05) is 43.9 Å². The molecule has 1 aromatic carbocycles. The molecule has 8 heteroatoms. The molecule has 1 aliphatic rings. The molecule has 1 unspecified atom stereocenters. The Balaban J connectivity index is 1.51. The predicted molar refractivity (Wildman–Crippen MR) is 178 cm³/mol. The lowest BCUT2D eigenvalue weighted by Gasteiger charge is -2.13. The zero-order valence-electron chi connectivity index (χ0n) is 22.6. The number of benzene rings is 1. The van der Waals surface area contributed by atoms with Crippen molar-refractivity contribution in [1.29, 1.82) is 0 Å². The van der Waals surface area contributed by atoms with Gasteiger partial charge in [0.15, 0.2) is 0 Å². The Labute approximate surface area is 257 Å². The van der Waals surface area contributed by atoms with Crippen molar-refractivity contribution in [3.8, 4) is 0 Å². The van der Waals surface area contributed by atoms with Crippen molar-refractivity contribution in [2.75, 3.05) is 13.1 Å². The van der Waals surface area contributed by atoms with Gasteiger partial charge in [-0.15, -0.1) is 63.1 Å². The highest BCUT2D eigenvalue weighted by Gasteiger charge is 2.30. The molecular weight excluding hydrogens is 565 g/mol. The van der Waals surface area contributed by atoms with Crippen LogP contribution < -0.4 is 5.32 Å². The Kier molecular flexibility index (Phi) is 14.2. The lowest BCUT2D eigenvalue weighted by molar-refractivity contribution is 0.0894. The van der Waals surface area contributed by atoms with E-state index >= 15 is 0 Å². The van der Waals surface area contributed by atoms with Crippen LogP contribution in [0.4, 0.5) is 0 Å². The fraction of sp³-hybridized carbons (Fsp3) is 0.567. The van der Waals surface area contributed by atoms with E-state index in [-0.39, 0.29) is 11.8 Å². The molecule has 0 amide bonds. The molecule has 1 saturated heterocycles. The lowest BCUT2D eigenvalue weighted by atomic mass is 9.98. The second-order valence-corrected chi connectivity index (χ2v) is 12.5. The number of hydrogen-bond donors (Lipinski definition) is 6. The van der Waals surface area contributed by atoms with Gasteiger partial charge in [-0.2, -0.15) is 0 Å². The third-order valence-electron chi connectivity index (χ3n) is 7.38. The van der Waals surface area contributed by atoms with E-state index in [1.807, 2.05) is 0 Å². The molecule has 3 rings (SSSR count). The highest BCUT2D eigenvalue weighted by Crippen LogP contribution is 2.47. The van der Waals surface area contributed by atoms with Crippen LogP contribution in [0, 0.1) is 0 Å². The SMILES string of the molecule is CCCCC/C=C\C/C=C\CCCCCCCC(=O)n1c(S)c(C2CCNC2)c2c(S)c(S)c(S)c(S)c21. The maximum Gasteiger partial charge on any atom is 0.232 e. The Morgan fingerprint density at radius 3 is 2.13 bits per heavy atom. The molecule has 1 fully saturated rings. The maximum absolute atomic E-state index is 13.5. The molecule has 3 nitrogen and oxygen atoms in total. The first-order valence-electron chi connectivity index (χ1n) is 14.2. The van der Waals surface area contributed by atoms with Crippen molar-refractivity contribution in [3.05, 3.63) is 29.9 Å². The number of rotatable bonds is 15. The number of thiol groups is 5. The van der Waals surface area contributed by atoms with Gasteiger partial charge in [0.25, 0.3) is 0 Å². The molecule has 210 valence electrons. The molecular formula is C30H44N2OS5. The maximum atomic E-state index is 13.5. The molecule has 38 heavy (non-hydrogen) atoms. The molecule has 1 atom stereocenters. The van der Waals surface area contributed by atoms with Crippen LogP contribution >= 0.6 is 63.1 Å². The van der Waals surface area contributed by atoms with E-state index in [0.717, 1.165) is 73.0 Å². The van der Waals surface area contributed by atoms with Crippen LogP contribution in [0.5, 0.6) is 0 Å². The van der Waals surface area contributed by atoms with E-state index in [1.165, 1.54) is 38.5 Å². The molecule has 2 heterocycles. The second kappa shape index (κ2) is 16.8. The summed E-state index contributed by atoms with van der Waals surface area (Å²) in [7, 11) is 0. The summed E-state index contributed by atoms with van der Waals surface area (Å²) in [5.74, 6) is 0.345. The number of carbonyl (C=O) groups is 1. The van der Waals surface area contributed by atoms with E-state index in [2.05, 4.69) is 61.8 Å². The van der Waals surface area contributed by atoms with Crippen molar-refractivity contribution in [1.82, 2.24) is 9.88 Å². The van der Waals surface area contributed by atoms with Crippen molar-refractivity contribution in [2.24, 2.45) is 0 Å². The van der Waals surface area contributed by atoms with E-state index < -0.39 is 0 Å². The van der Waals surface area contributed by atoms with Crippen LogP contribution in [-0.4, -0.2) is 23.6 Å². The Hall–Kier alpha value is -0.380. The minimum absolute atomic E-state index is 0.0607. The van der Waals surface area contributed by atoms with Gasteiger partial charge in [0.05, 0.1) is 10.5 Å². The number of nitrogens with zero attached hydrogens (tertiary/aromatic N) is 1. The standard InChI is InChI=1S/C30H44N2OS5/c1-2-3-4-5-6-7-8-9-10-11-12-13-14-15-16-17-22(33)32-25-24(26(34)28(36)29(37)27(25)35)23(30(32)38)21-18-19-31-20-21/h6-7,9-10,21,31,34-38H,2-5,8,11-20H2,1H3/b7-6-,10-9-. The zero-order valence-corrected chi connectivity index (χ0v) is 27.1. The van der Waals surface area contributed by atoms with E-state index in [1.54, 1.807) is 4.57 Å². The first-order chi connectivity index (χ1) is 18.4. The van der Waals surface area contributed by atoms with Gasteiger partial charge >= 0.3 is 0 Å². The number of carbonyl (C=O) groups excluding carboxylic acids is 1. The molecule has 0 aliphatic carbocycles. The summed E-state index contributed by atoms with van der Waals surface area (Å²) >= 11 is 23.7. The zero-order chi connectivity index (χ0) is 27.5. The highest BCUT2D eigenvalue weighted by molar-refractivity contribution is 7.86. The van der Waals surface area contributed by atoms with Gasteiger partial charge in [-0.25, -0.2) is 0 Å². The highest BCUT2D eigenvalue weighted by atomic mass is 32.1. The molecule has 1 N–H and O–H groups in total. The minimum Gasteiger partial charge on any atom is -0.316 e. The summed E-state index contributed by atoms with van der Waals surface area (Å²) in [6.45, 7) is 4.07. The van der Waals surface area contributed by atoms with Crippen molar-refractivity contribution in [3.63, 3.8) is 0 Å². The number of hydrogen-bond acceptors (Lipinski definition) is 7. The van der Waals surface area contributed by atoms with Crippen LogP contribution in [-0.2, 0) is 0 Å². The van der Waals surface area contributed by atoms with Crippen molar-refractivity contribution in [2.45, 2.75) is 121 Å². The molecule has 2 aromatic rings. The van der Waals surface area contributed by atoms with E-state index in [9.17, 15) is 4.79 Å². The van der Waals surface area contributed by atoms with Gasteiger partial charge in [0.2, 0.25) is 5.91 Å². The third-order valence-corrected chi connectivity index (χ3v) is 10.1. The average molecular weight is 609 g/mol. The summed E-state index contributed by atoms with van der Waals surface area (Å²) in [6, 6.07) is 0. The second-order valence-electron chi connectivity index (χ2n) is 10.3. The van der Waals surface area contributed by atoms with E-state index in [4.69, 9.17) is 37.9 Å². The Bertz CT molecular complexity index is 1130. The minimum atomic E-state index is 0.0607. The fourth-order valence-corrected chi connectivity index (χ4v) is 7.01. The fourth-order valence-electron chi connectivity index (χ4n) is 5.23. The molecule has 1 aromatic heterocycles. The van der Waals surface area contributed by atoms with Gasteiger partial charge in [-0.1, -0.05) is 63.3 Å². The molecule has 0 radical (unpaired) electrons. The summed E-state index contributed by atoms with van der Waals surface area (Å²) in [5.41, 5.74) is 1.84. The number of unbranched alkanes of at least 4 members (excludes halogenated alkanes) is 8. The molecule has 1 aliphatic heterocycles. The molecule has 0 spiro atoms. The normalized spacial score (nSPS) is 16.1. The van der Waals surface area contributed by atoms with Crippen molar-refractivity contribution >= 4 is 80.0 Å². The van der Waals surface area contributed by atoms with Gasteiger partial charge < -0.3 is 5.32 Å². The Morgan fingerprint density at radius 2 is 1.47 bits per heavy atom. The summed E-state index contributed by atoms with van der Waals surface area (Å²) in [6.07, 6.45) is 23.5. The smallest absolute Gasteiger partial charge is 0.232 e. The Morgan fingerprint density at radius 1 is 0.842 bits per heavy atom. The largest absolute Gasteiger partial charge is 0.316 e. The van der Waals surface area contributed by atoms with Crippen molar-refractivity contribution < 1.29 is 4.79 Å². The summed E-state index contributed by atoms with van der Waals surface area (Å²) in [4.78, 5) is 16.2. The topological polar surface area (TPSA) is 34.0 Å². The lowest BCUT2D eigenvalue weighted by Crippen LogP contribution is -2.12. The average Bonchev–Trinajstić information content (AvgIpc) is 3.54. The first kappa shape index (κ1) is 32.1. The number of aromatic nitrogens is 1. The number of allylic oxidation sites excluding steroid dienone is 4. The van der Waals surface area contributed by atoms with Gasteiger partial charge in [-0.3, -0.25) is 9.36 Å². The number of nitrogens with one attached hydrogen (secondary N) is 1. The van der Waals surface area contributed by atoms with Crippen LogP contribution in [0.2, 0.25) is 0 Å². The molecule has 0 saturated carbocycles. The predicted octanol–water partition coefficient (Wildman–Crippen LogP) is 9.62. The van der Waals surface area contributed by atoms with Gasteiger partial charge in [-0.05, 0) is 57.1 Å². The quantitative estimate of drug-likeness (QED) is 0.0692. The van der Waals surface area contributed by atoms with Gasteiger partial charge in [0.1, 0.15) is 0 Å².